The number of carbonyl (C=O) groups is 3. The number of amides is 4. The summed E-state index contributed by atoms with van der Waals surface area (Å²) in [5.41, 5.74) is 2.22. The minimum absolute atomic E-state index is 0.399. The summed E-state index contributed by atoms with van der Waals surface area (Å²) < 4.78 is 5.55. The van der Waals surface area contributed by atoms with Crippen LogP contribution >= 0.6 is 11.3 Å². The summed E-state index contributed by atoms with van der Waals surface area (Å²) in [5, 5.41) is 9.73. The van der Waals surface area contributed by atoms with Gasteiger partial charge in [-0.1, -0.05) is 36.4 Å². The lowest BCUT2D eigenvalue weighted by Gasteiger charge is -2.22. The van der Waals surface area contributed by atoms with Crippen LogP contribution < -0.4 is 15.4 Å². The summed E-state index contributed by atoms with van der Waals surface area (Å²) in [6.07, 6.45) is 0.862. The van der Waals surface area contributed by atoms with Crippen LogP contribution in [0.1, 0.15) is 18.1 Å². The van der Waals surface area contributed by atoms with E-state index in [0.717, 1.165) is 44.7 Å². The Balaban J connectivity index is 1.16. The van der Waals surface area contributed by atoms with Crippen LogP contribution in [0.4, 0.5) is 9.93 Å². The molecule has 1 saturated heterocycles. The van der Waals surface area contributed by atoms with E-state index in [-0.39, 0.29) is 0 Å². The third-order valence-electron chi connectivity index (χ3n) is 6.64. The highest BCUT2D eigenvalue weighted by molar-refractivity contribution is 7.14. The Labute approximate surface area is 210 Å². The molecule has 1 fully saturated rings. The number of fused-ring (bicyclic) bond motifs is 2. The number of aromatic nitrogens is 1. The standard InChI is InChI=1S/C27H22N4O4S/c1-27(20-8-6-16-4-2-3-5-17(16)13-20)24(33)31(26(34)30-27)14-23(32)29-25-28-21(15-36-25)18-7-9-22-19(12-18)10-11-35-22/h2-9,12-13,15H,10-11,14H2,1H3,(H,30,34)(H,28,29,32). The average molecular weight is 499 g/mol. The average Bonchev–Trinajstić information content (AvgIpc) is 3.59. The number of carbonyl (C=O) groups excluding carboxylic acids is 3. The number of hydrogen-bond acceptors (Lipinski definition) is 6. The number of anilines is 1. The van der Waals surface area contributed by atoms with Gasteiger partial charge in [0.15, 0.2) is 5.13 Å². The number of hydrogen-bond donors (Lipinski definition) is 2. The molecule has 4 aromatic rings. The van der Waals surface area contributed by atoms with Gasteiger partial charge in [-0.05, 0) is 53.1 Å². The fraction of sp³-hybridized carbons (Fsp3) is 0.185. The quantitative estimate of drug-likeness (QED) is 0.400. The number of thiazole rings is 1. The monoisotopic (exact) mass is 498 g/mol. The topological polar surface area (TPSA) is 101 Å². The van der Waals surface area contributed by atoms with Gasteiger partial charge in [-0.25, -0.2) is 9.78 Å². The molecule has 2 N–H and O–H groups in total. The molecule has 1 aromatic heterocycles. The molecule has 4 amide bonds. The Bertz CT molecular complexity index is 1550. The zero-order chi connectivity index (χ0) is 24.9. The van der Waals surface area contributed by atoms with Crippen molar-refractivity contribution in [2.45, 2.75) is 18.9 Å². The SMILES string of the molecule is CC1(c2ccc3ccccc3c2)NC(=O)N(CC(=O)Nc2nc(-c3ccc4c(c3)CCO4)cs2)C1=O. The molecule has 9 heteroatoms. The van der Waals surface area contributed by atoms with Crippen molar-refractivity contribution < 1.29 is 19.1 Å². The van der Waals surface area contributed by atoms with Gasteiger partial charge in [0.1, 0.15) is 17.8 Å². The van der Waals surface area contributed by atoms with Gasteiger partial charge in [-0.15, -0.1) is 11.3 Å². The molecule has 36 heavy (non-hydrogen) atoms. The van der Waals surface area contributed by atoms with Crippen LogP contribution in [0.5, 0.6) is 5.75 Å². The van der Waals surface area contributed by atoms with Crippen LogP contribution in [0.25, 0.3) is 22.0 Å². The van der Waals surface area contributed by atoms with Gasteiger partial charge < -0.3 is 15.4 Å². The second-order valence-corrected chi connectivity index (χ2v) is 9.87. The van der Waals surface area contributed by atoms with E-state index in [2.05, 4.69) is 15.6 Å². The van der Waals surface area contributed by atoms with Crippen molar-refractivity contribution in [3.63, 3.8) is 0 Å². The predicted octanol–water partition coefficient (Wildman–Crippen LogP) is 4.30. The minimum Gasteiger partial charge on any atom is -0.493 e. The second kappa shape index (κ2) is 8.46. The van der Waals surface area contributed by atoms with Crippen molar-refractivity contribution in [3.05, 3.63) is 77.2 Å². The molecule has 1 atom stereocenters. The van der Waals surface area contributed by atoms with Crippen molar-refractivity contribution in [2.24, 2.45) is 0 Å². The number of benzene rings is 3. The lowest BCUT2D eigenvalue weighted by molar-refractivity contribution is -0.133. The molecule has 0 aliphatic carbocycles. The Kier molecular flexibility index (Phi) is 5.22. The van der Waals surface area contributed by atoms with Crippen LogP contribution in [-0.4, -0.2) is 40.9 Å². The van der Waals surface area contributed by atoms with E-state index in [9.17, 15) is 14.4 Å². The van der Waals surface area contributed by atoms with E-state index < -0.39 is 29.9 Å². The minimum atomic E-state index is -1.26. The first kappa shape index (κ1) is 22.2. The molecule has 180 valence electrons. The molecule has 2 aliphatic rings. The molecule has 6 rings (SSSR count). The van der Waals surface area contributed by atoms with Crippen LogP contribution in [-0.2, 0) is 21.5 Å². The fourth-order valence-electron chi connectivity index (χ4n) is 4.65. The van der Waals surface area contributed by atoms with E-state index >= 15 is 0 Å². The first-order valence-corrected chi connectivity index (χ1v) is 12.4. The number of nitrogens with zero attached hydrogens (tertiary/aromatic N) is 2. The summed E-state index contributed by atoms with van der Waals surface area (Å²) in [6, 6.07) is 18.7. The van der Waals surface area contributed by atoms with Crippen molar-refractivity contribution >= 4 is 45.1 Å². The highest BCUT2D eigenvalue weighted by Crippen LogP contribution is 2.33. The summed E-state index contributed by atoms with van der Waals surface area (Å²) >= 11 is 1.28. The molecule has 1 unspecified atom stereocenters. The van der Waals surface area contributed by atoms with Crippen LogP contribution in [0.3, 0.4) is 0 Å². The van der Waals surface area contributed by atoms with E-state index in [4.69, 9.17) is 4.74 Å². The highest BCUT2D eigenvalue weighted by Gasteiger charge is 2.49. The molecule has 3 heterocycles. The van der Waals surface area contributed by atoms with Crippen molar-refractivity contribution in [1.29, 1.82) is 0 Å². The number of ether oxygens (including phenoxy) is 1. The van der Waals surface area contributed by atoms with Crippen molar-refractivity contribution in [1.82, 2.24) is 15.2 Å². The Morgan fingerprint density at radius 3 is 2.83 bits per heavy atom. The molecule has 0 spiro atoms. The molecule has 0 bridgehead atoms. The molecule has 3 aromatic carbocycles. The summed E-state index contributed by atoms with van der Waals surface area (Å²) in [5.74, 6) is -0.0746. The van der Waals surface area contributed by atoms with Crippen LogP contribution in [0.2, 0.25) is 0 Å². The third-order valence-corrected chi connectivity index (χ3v) is 7.40. The number of nitrogens with one attached hydrogen (secondary N) is 2. The van der Waals surface area contributed by atoms with Gasteiger partial charge in [-0.3, -0.25) is 14.5 Å². The van der Waals surface area contributed by atoms with E-state index in [1.807, 2.05) is 66.0 Å². The molecule has 2 aliphatic heterocycles. The molecule has 8 nitrogen and oxygen atoms in total. The molecular formula is C27H22N4O4S. The zero-order valence-corrected chi connectivity index (χ0v) is 20.2. The smallest absolute Gasteiger partial charge is 0.325 e. The molecule has 0 radical (unpaired) electrons. The van der Waals surface area contributed by atoms with Gasteiger partial charge in [0.05, 0.1) is 12.3 Å². The number of rotatable bonds is 5. The number of imide groups is 1. The predicted molar refractivity (Wildman–Crippen MR) is 137 cm³/mol. The van der Waals surface area contributed by atoms with Gasteiger partial charge in [0.2, 0.25) is 5.91 Å². The summed E-state index contributed by atoms with van der Waals surface area (Å²) in [4.78, 5) is 44.2. The number of urea groups is 1. The van der Waals surface area contributed by atoms with E-state index in [1.54, 1.807) is 6.92 Å². The van der Waals surface area contributed by atoms with Crippen LogP contribution in [0.15, 0.2) is 66.0 Å². The van der Waals surface area contributed by atoms with Gasteiger partial charge in [0, 0.05) is 17.4 Å². The molecular weight excluding hydrogens is 476 g/mol. The fourth-order valence-corrected chi connectivity index (χ4v) is 5.38. The lowest BCUT2D eigenvalue weighted by atomic mass is 9.90. The maximum absolute atomic E-state index is 13.3. The van der Waals surface area contributed by atoms with Crippen LogP contribution in [0, 0.1) is 0 Å². The van der Waals surface area contributed by atoms with E-state index in [1.165, 1.54) is 11.3 Å². The first-order valence-electron chi connectivity index (χ1n) is 11.6. The maximum atomic E-state index is 13.3. The van der Waals surface area contributed by atoms with E-state index in [0.29, 0.717) is 17.3 Å². The summed E-state index contributed by atoms with van der Waals surface area (Å²) in [6.45, 7) is 1.93. The Hall–Kier alpha value is -4.24. The first-order chi connectivity index (χ1) is 17.4. The Morgan fingerprint density at radius 2 is 1.97 bits per heavy atom. The summed E-state index contributed by atoms with van der Waals surface area (Å²) in [7, 11) is 0. The third kappa shape index (κ3) is 3.77. The maximum Gasteiger partial charge on any atom is 0.325 e. The van der Waals surface area contributed by atoms with Crippen molar-refractivity contribution in [3.8, 4) is 17.0 Å². The zero-order valence-electron chi connectivity index (χ0n) is 19.4. The van der Waals surface area contributed by atoms with Gasteiger partial charge in [0.25, 0.3) is 5.91 Å². The highest BCUT2D eigenvalue weighted by atomic mass is 32.1. The normalized spacial score (nSPS) is 18.8. The Morgan fingerprint density at radius 1 is 1.14 bits per heavy atom. The molecule has 0 saturated carbocycles. The van der Waals surface area contributed by atoms with Crippen molar-refractivity contribution in [2.75, 3.05) is 18.5 Å². The second-order valence-electron chi connectivity index (χ2n) is 9.02. The van der Waals surface area contributed by atoms with Gasteiger partial charge in [-0.2, -0.15) is 0 Å². The largest absolute Gasteiger partial charge is 0.493 e. The van der Waals surface area contributed by atoms with Gasteiger partial charge >= 0.3 is 6.03 Å². The lowest BCUT2D eigenvalue weighted by Crippen LogP contribution is -2.42.